The van der Waals surface area contributed by atoms with Gasteiger partial charge in [-0.2, -0.15) is 5.10 Å². The van der Waals surface area contributed by atoms with Gasteiger partial charge in [-0.25, -0.2) is 4.79 Å². The summed E-state index contributed by atoms with van der Waals surface area (Å²) < 4.78 is 1.79. The molecule has 1 heterocycles. The summed E-state index contributed by atoms with van der Waals surface area (Å²) in [4.78, 5) is 23.1. The molecule has 3 rings (SSSR count). The molecule has 0 aliphatic heterocycles. The second-order valence-corrected chi connectivity index (χ2v) is 5.60. The van der Waals surface area contributed by atoms with Gasteiger partial charge in [0.1, 0.15) is 0 Å². The van der Waals surface area contributed by atoms with Gasteiger partial charge in [-0.05, 0) is 35.4 Å². The largest absolute Gasteiger partial charge is 0.478 e. The standard InChI is InChI=1S/C19H17N3O3/c1-22-17-8-6-13(10-15(17)12-21-22)7-9-18(23)20-11-14-4-2-3-5-16(14)19(24)25/h2-10,12H,11H2,1H3,(H,20,23)(H,24,25)/b9-7+. The normalized spacial score (nSPS) is 11.1. The number of aromatic nitrogens is 2. The predicted molar refractivity (Wildman–Crippen MR) is 95.0 cm³/mol. The summed E-state index contributed by atoms with van der Waals surface area (Å²) in [6, 6.07) is 12.4. The molecule has 1 amide bonds. The summed E-state index contributed by atoms with van der Waals surface area (Å²) in [6.45, 7) is 0.160. The van der Waals surface area contributed by atoms with Crippen LogP contribution in [-0.4, -0.2) is 26.8 Å². The smallest absolute Gasteiger partial charge is 0.336 e. The van der Waals surface area contributed by atoms with Crippen molar-refractivity contribution in [2.24, 2.45) is 7.05 Å². The van der Waals surface area contributed by atoms with Gasteiger partial charge in [0.2, 0.25) is 5.91 Å². The monoisotopic (exact) mass is 335 g/mol. The molecule has 0 unspecified atom stereocenters. The highest BCUT2D eigenvalue weighted by molar-refractivity contribution is 5.93. The molecule has 2 aromatic carbocycles. The van der Waals surface area contributed by atoms with Crippen LogP contribution in [0, 0.1) is 0 Å². The Morgan fingerprint density at radius 3 is 2.84 bits per heavy atom. The highest BCUT2D eigenvalue weighted by Crippen LogP contribution is 2.15. The minimum atomic E-state index is -1.01. The van der Waals surface area contributed by atoms with Crippen LogP contribution in [0.5, 0.6) is 0 Å². The van der Waals surface area contributed by atoms with Crippen LogP contribution in [0.2, 0.25) is 0 Å². The molecule has 126 valence electrons. The number of fused-ring (bicyclic) bond motifs is 1. The first-order valence-corrected chi connectivity index (χ1v) is 7.73. The van der Waals surface area contributed by atoms with Crippen LogP contribution in [-0.2, 0) is 18.4 Å². The number of rotatable bonds is 5. The number of hydrogen-bond donors (Lipinski definition) is 2. The SMILES string of the molecule is Cn1ncc2cc(/C=C/C(=O)NCc3ccccc3C(=O)O)ccc21. The van der Waals surface area contributed by atoms with Crippen LogP contribution in [0.25, 0.3) is 17.0 Å². The Bertz CT molecular complexity index is 973. The molecule has 0 spiro atoms. The van der Waals surface area contributed by atoms with Gasteiger partial charge < -0.3 is 10.4 Å². The van der Waals surface area contributed by atoms with E-state index in [0.717, 1.165) is 16.5 Å². The van der Waals surface area contributed by atoms with E-state index in [4.69, 9.17) is 5.11 Å². The average molecular weight is 335 g/mol. The van der Waals surface area contributed by atoms with Gasteiger partial charge in [-0.3, -0.25) is 9.48 Å². The number of hydrogen-bond acceptors (Lipinski definition) is 3. The van der Waals surface area contributed by atoms with Crippen molar-refractivity contribution in [2.75, 3.05) is 0 Å². The number of amides is 1. The van der Waals surface area contributed by atoms with E-state index in [-0.39, 0.29) is 18.0 Å². The number of nitrogens with zero attached hydrogens (tertiary/aromatic N) is 2. The Balaban J connectivity index is 1.65. The van der Waals surface area contributed by atoms with Gasteiger partial charge in [0.25, 0.3) is 0 Å². The average Bonchev–Trinajstić information content (AvgIpc) is 2.99. The van der Waals surface area contributed by atoms with E-state index >= 15 is 0 Å². The lowest BCUT2D eigenvalue weighted by atomic mass is 10.1. The molecule has 2 N–H and O–H groups in total. The molecule has 0 bridgehead atoms. The zero-order chi connectivity index (χ0) is 17.8. The van der Waals surface area contributed by atoms with Crippen LogP contribution in [0.1, 0.15) is 21.5 Å². The summed E-state index contributed by atoms with van der Waals surface area (Å²) in [5.41, 5.74) is 2.66. The van der Waals surface area contributed by atoms with E-state index in [9.17, 15) is 9.59 Å². The number of carbonyl (C=O) groups excluding carboxylic acids is 1. The van der Waals surface area contributed by atoms with E-state index in [1.165, 1.54) is 12.1 Å². The van der Waals surface area contributed by atoms with E-state index < -0.39 is 5.97 Å². The molecule has 3 aromatic rings. The lowest BCUT2D eigenvalue weighted by Crippen LogP contribution is -2.21. The van der Waals surface area contributed by atoms with Crippen molar-refractivity contribution in [3.05, 3.63) is 71.4 Å². The fourth-order valence-electron chi connectivity index (χ4n) is 2.58. The Morgan fingerprint density at radius 2 is 2.04 bits per heavy atom. The fourth-order valence-corrected chi connectivity index (χ4v) is 2.58. The van der Waals surface area contributed by atoms with Crippen molar-refractivity contribution < 1.29 is 14.7 Å². The summed E-state index contributed by atoms with van der Waals surface area (Å²) in [5, 5.41) is 17.0. The van der Waals surface area contributed by atoms with Gasteiger partial charge in [0.05, 0.1) is 17.3 Å². The quantitative estimate of drug-likeness (QED) is 0.702. The van der Waals surface area contributed by atoms with Gasteiger partial charge in [0, 0.05) is 25.1 Å². The second-order valence-electron chi connectivity index (χ2n) is 5.60. The Kier molecular flexibility index (Phi) is 4.61. The number of carboxylic acid groups (broad SMARTS) is 1. The van der Waals surface area contributed by atoms with Gasteiger partial charge in [-0.1, -0.05) is 24.3 Å². The highest BCUT2D eigenvalue weighted by atomic mass is 16.4. The molecule has 6 heteroatoms. The lowest BCUT2D eigenvalue weighted by molar-refractivity contribution is -0.116. The summed E-state index contributed by atoms with van der Waals surface area (Å²) in [6.07, 6.45) is 4.92. The Morgan fingerprint density at radius 1 is 1.24 bits per heavy atom. The lowest BCUT2D eigenvalue weighted by Gasteiger charge is -2.06. The third-order valence-electron chi connectivity index (χ3n) is 3.90. The summed E-state index contributed by atoms with van der Waals surface area (Å²) in [7, 11) is 1.88. The van der Waals surface area contributed by atoms with Gasteiger partial charge in [-0.15, -0.1) is 0 Å². The zero-order valence-corrected chi connectivity index (χ0v) is 13.6. The molecule has 25 heavy (non-hydrogen) atoms. The summed E-state index contributed by atoms with van der Waals surface area (Å²) >= 11 is 0. The molecule has 0 aliphatic carbocycles. The minimum Gasteiger partial charge on any atom is -0.478 e. The number of benzene rings is 2. The first-order chi connectivity index (χ1) is 12.0. The molecule has 1 aromatic heterocycles. The molecule has 0 radical (unpaired) electrons. The van der Waals surface area contributed by atoms with Crippen molar-refractivity contribution in [2.45, 2.75) is 6.54 Å². The number of aryl methyl sites for hydroxylation is 1. The van der Waals surface area contributed by atoms with E-state index in [1.54, 1.807) is 35.2 Å². The van der Waals surface area contributed by atoms with E-state index in [1.807, 2.05) is 25.2 Å². The first-order valence-electron chi connectivity index (χ1n) is 7.73. The highest BCUT2D eigenvalue weighted by Gasteiger charge is 2.09. The van der Waals surface area contributed by atoms with E-state index in [0.29, 0.717) is 5.56 Å². The predicted octanol–water partition coefficient (Wildman–Crippen LogP) is 2.60. The fraction of sp³-hybridized carbons (Fsp3) is 0.105. The molecular formula is C19H17N3O3. The van der Waals surface area contributed by atoms with E-state index in [2.05, 4.69) is 10.4 Å². The minimum absolute atomic E-state index is 0.160. The molecular weight excluding hydrogens is 318 g/mol. The number of nitrogens with one attached hydrogen (secondary N) is 1. The Hall–Kier alpha value is -3.41. The second kappa shape index (κ2) is 7.00. The van der Waals surface area contributed by atoms with Gasteiger partial charge in [0.15, 0.2) is 0 Å². The van der Waals surface area contributed by atoms with Crippen LogP contribution >= 0.6 is 0 Å². The number of carboxylic acids is 1. The maximum absolute atomic E-state index is 12.0. The molecule has 0 fully saturated rings. The van der Waals surface area contributed by atoms with Gasteiger partial charge >= 0.3 is 5.97 Å². The van der Waals surface area contributed by atoms with Crippen molar-refractivity contribution >= 4 is 28.9 Å². The maximum atomic E-state index is 12.0. The first kappa shape index (κ1) is 16.4. The number of carbonyl (C=O) groups is 2. The Labute approximate surface area is 144 Å². The number of aromatic carboxylic acids is 1. The van der Waals surface area contributed by atoms with Crippen LogP contribution in [0.15, 0.2) is 54.7 Å². The molecule has 0 saturated heterocycles. The van der Waals surface area contributed by atoms with Crippen molar-refractivity contribution in [1.82, 2.24) is 15.1 Å². The molecule has 0 saturated carbocycles. The van der Waals surface area contributed by atoms with Crippen molar-refractivity contribution in [1.29, 1.82) is 0 Å². The zero-order valence-electron chi connectivity index (χ0n) is 13.6. The molecule has 0 atom stereocenters. The van der Waals surface area contributed by atoms with Crippen molar-refractivity contribution in [3.63, 3.8) is 0 Å². The topological polar surface area (TPSA) is 84.2 Å². The van der Waals surface area contributed by atoms with Crippen LogP contribution < -0.4 is 5.32 Å². The third kappa shape index (κ3) is 3.74. The molecule has 6 nitrogen and oxygen atoms in total. The third-order valence-corrected chi connectivity index (χ3v) is 3.90. The molecule has 0 aliphatic rings. The summed E-state index contributed by atoms with van der Waals surface area (Å²) in [5.74, 6) is -1.29. The van der Waals surface area contributed by atoms with Crippen molar-refractivity contribution in [3.8, 4) is 0 Å². The van der Waals surface area contributed by atoms with Crippen LogP contribution in [0.3, 0.4) is 0 Å². The maximum Gasteiger partial charge on any atom is 0.336 e. The van der Waals surface area contributed by atoms with Crippen LogP contribution in [0.4, 0.5) is 0 Å².